The zero-order valence-electron chi connectivity index (χ0n) is 8.72. The second-order valence-electron chi connectivity index (χ2n) is 2.82. The Bertz CT molecular complexity index is 488. The third-order valence-electron chi connectivity index (χ3n) is 1.74. The average Bonchev–Trinajstić information content (AvgIpc) is 2.25. The number of ether oxygens (including phenoxy) is 2. The molecule has 0 aliphatic carbocycles. The van der Waals surface area contributed by atoms with Crippen LogP contribution in [0.5, 0.6) is 11.6 Å². The van der Waals surface area contributed by atoms with Crippen molar-refractivity contribution in [2.75, 3.05) is 7.11 Å². The number of methoxy groups -OCH3 is 1. The Morgan fingerprint density at radius 1 is 1.50 bits per heavy atom. The summed E-state index contributed by atoms with van der Waals surface area (Å²) < 4.78 is 44.3. The van der Waals surface area contributed by atoms with Gasteiger partial charge in [0.15, 0.2) is 6.29 Å². The van der Waals surface area contributed by atoms with E-state index in [2.05, 4.69) is 14.5 Å². The molecule has 0 aliphatic heterocycles. The number of nitro groups is 1. The van der Waals surface area contributed by atoms with Gasteiger partial charge in [0.05, 0.1) is 12.0 Å². The number of rotatable bonds is 4. The normalized spacial score (nSPS) is 10.9. The molecule has 1 rings (SSSR count). The first-order chi connectivity index (χ1) is 8.30. The number of pyridine rings is 1. The minimum atomic E-state index is -5.19. The van der Waals surface area contributed by atoms with Gasteiger partial charge in [0.2, 0.25) is 11.6 Å². The monoisotopic (exact) mass is 266 g/mol. The van der Waals surface area contributed by atoms with Crippen molar-refractivity contribution >= 4 is 12.0 Å². The van der Waals surface area contributed by atoms with Crippen LogP contribution >= 0.6 is 0 Å². The molecule has 0 radical (unpaired) electrons. The van der Waals surface area contributed by atoms with Crippen molar-refractivity contribution in [3.8, 4) is 11.6 Å². The SMILES string of the molecule is COc1ncc([N+](=O)[O-])c(OC(F)(F)F)c1C=O. The molecule has 0 N–H and O–H groups in total. The second-order valence-corrected chi connectivity index (χ2v) is 2.82. The van der Waals surface area contributed by atoms with Gasteiger partial charge in [-0.05, 0) is 0 Å². The smallest absolute Gasteiger partial charge is 0.480 e. The molecule has 0 saturated heterocycles. The van der Waals surface area contributed by atoms with Crippen LogP contribution in [-0.2, 0) is 0 Å². The van der Waals surface area contributed by atoms with Crippen molar-refractivity contribution in [1.29, 1.82) is 0 Å². The Morgan fingerprint density at radius 3 is 2.50 bits per heavy atom. The summed E-state index contributed by atoms with van der Waals surface area (Å²) in [6, 6.07) is 0. The fourth-order valence-corrected chi connectivity index (χ4v) is 1.10. The molecule has 0 bridgehead atoms. The minimum absolute atomic E-state index is 0.0695. The maximum Gasteiger partial charge on any atom is 0.573 e. The lowest BCUT2D eigenvalue weighted by Crippen LogP contribution is -2.19. The number of carbonyl (C=O) groups excluding carboxylic acids is 1. The molecule has 0 unspecified atom stereocenters. The Labute approximate surface area is 97.3 Å². The summed E-state index contributed by atoms with van der Waals surface area (Å²) in [5.41, 5.74) is -1.88. The first-order valence-electron chi connectivity index (χ1n) is 4.22. The molecule has 0 spiro atoms. The van der Waals surface area contributed by atoms with E-state index in [1.807, 2.05) is 0 Å². The van der Waals surface area contributed by atoms with Crippen LogP contribution in [0.1, 0.15) is 10.4 Å². The number of alkyl halides is 3. The highest BCUT2D eigenvalue weighted by atomic mass is 19.4. The van der Waals surface area contributed by atoms with E-state index in [-0.39, 0.29) is 6.29 Å². The molecule has 1 aromatic rings. The van der Waals surface area contributed by atoms with Gasteiger partial charge in [-0.3, -0.25) is 14.9 Å². The van der Waals surface area contributed by atoms with Crippen LogP contribution in [0.15, 0.2) is 6.20 Å². The third kappa shape index (κ3) is 2.84. The number of halogens is 3. The van der Waals surface area contributed by atoms with Crippen LogP contribution in [-0.4, -0.2) is 29.7 Å². The fraction of sp³-hybridized carbons (Fsp3) is 0.250. The molecular weight excluding hydrogens is 261 g/mol. The van der Waals surface area contributed by atoms with Gasteiger partial charge in [-0.1, -0.05) is 0 Å². The summed E-state index contributed by atoms with van der Waals surface area (Å²) in [4.78, 5) is 23.4. The molecule has 10 heteroatoms. The molecule has 7 nitrogen and oxygen atoms in total. The highest BCUT2D eigenvalue weighted by Crippen LogP contribution is 2.37. The Morgan fingerprint density at radius 2 is 2.11 bits per heavy atom. The first-order valence-corrected chi connectivity index (χ1v) is 4.22. The van der Waals surface area contributed by atoms with Crippen molar-refractivity contribution in [2.45, 2.75) is 6.36 Å². The number of carbonyl (C=O) groups is 1. The molecule has 1 aromatic heterocycles. The Kier molecular flexibility index (Phi) is 3.69. The molecule has 0 amide bonds. The van der Waals surface area contributed by atoms with Crippen molar-refractivity contribution in [2.24, 2.45) is 0 Å². The molecule has 0 aliphatic rings. The summed E-state index contributed by atoms with van der Waals surface area (Å²) in [6.07, 6.45) is -4.75. The standard InChI is InChI=1S/C8H5F3N2O5/c1-17-7-4(3-14)6(18-8(9,10)11)5(2-12-7)13(15)16/h2-3H,1H3. The van der Waals surface area contributed by atoms with E-state index in [4.69, 9.17) is 0 Å². The zero-order chi connectivity index (χ0) is 13.9. The van der Waals surface area contributed by atoms with Crippen LogP contribution < -0.4 is 9.47 Å². The number of aldehydes is 1. The minimum Gasteiger partial charge on any atom is -0.480 e. The van der Waals surface area contributed by atoms with E-state index in [0.29, 0.717) is 6.20 Å². The number of hydrogen-bond acceptors (Lipinski definition) is 6. The van der Waals surface area contributed by atoms with Crippen LogP contribution in [0.25, 0.3) is 0 Å². The van der Waals surface area contributed by atoms with Gasteiger partial charge in [-0.2, -0.15) is 0 Å². The van der Waals surface area contributed by atoms with Gasteiger partial charge < -0.3 is 9.47 Å². The van der Waals surface area contributed by atoms with Gasteiger partial charge in [-0.25, -0.2) is 4.98 Å². The Balaban J connectivity index is 3.48. The lowest BCUT2D eigenvalue weighted by atomic mass is 10.2. The number of hydrogen-bond donors (Lipinski definition) is 0. The van der Waals surface area contributed by atoms with Crippen LogP contribution in [0.4, 0.5) is 18.9 Å². The predicted molar refractivity (Wildman–Crippen MR) is 49.5 cm³/mol. The largest absolute Gasteiger partial charge is 0.573 e. The van der Waals surface area contributed by atoms with Crippen molar-refractivity contribution in [1.82, 2.24) is 4.98 Å². The van der Waals surface area contributed by atoms with Gasteiger partial charge in [0.25, 0.3) is 0 Å². The zero-order valence-corrected chi connectivity index (χ0v) is 8.72. The molecule has 0 saturated carbocycles. The van der Waals surface area contributed by atoms with Crippen molar-refractivity contribution < 1.29 is 32.4 Å². The highest BCUT2D eigenvalue weighted by Gasteiger charge is 2.37. The quantitative estimate of drug-likeness (QED) is 0.468. The van der Waals surface area contributed by atoms with Gasteiger partial charge >= 0.3 is 12.0 Å². The van der Waals surface area contributed by atoms with E-state index >= 15 is 0 Å². The third-order valence-corrected chi connectivity index (χ3v) is 1.74. The fourth-order valence-electron chi connectivity index (χ4n) is 1.10. The van der Waals surface area contributed by atoms with Gasteiger partial charge in [0.1, 0.15) is 11.8 Å². The topological polar surface area (TPSA) is 91.6 Å². The van der Waals surface area contributed by atoms with E-state index in [0.717, 1.165) is 7.11 Å². The summed E-state index contributed by atoms with van der Waals surface area (Å²) in [5, 5.41) is 10.5. The number of nitrogens with zero attached hydrogens (tertiary/aromatic N) is 2. The van der Waals surface area contributed by atoms with Crippen LogP contribution in [0.2, 0.25) is 0 Å². The van der Waals surface area contributed by atoms with Crippen molar-refractivity contribution in [3.05, 3.63) is 21.9 Å². The summed E-state index contributed by atoms with van der Waals surface area (Å²) in [6.45, 7) is 0. The molecular formula is C8H5F3N2O5. The summed E-state index contributed by atoms with van der Waals surface area (Å²) in [5.74, 6) is -1.76. The molecule has 0 atom stereocenters. The molecule has 98 valence electrons. The Hall–Kier alpha value is -2.39. The van der Waals surface area contributed by atoms with Crippen LogP contribution in [0, 0.1) is 10.1 Å². The van der Waals surface area contributed by atoms with E-state index in [1.165, 1.54) is 0 Å². The second kappa shape index (κ2) is 4.85. The molecule has 0 aromatic carbocycles. The van der Waals surface area contributed by atoms with Crippen molar-refractivity contribution in [3.63, 3.8) is 0 Å². The maximum atomic E-state index is 12.1. The van der Waals surface area contributed by atoms with Gasteiger partial charge in [0, 0.05) is 0 Å². The van der Waals surface area contributed by atoms with E-state index in [9.17, 15) is 28.1 Å². The average molecular weight is 266 g/mol. The van der Waals surface area contributed by atoms with Crippen LogP contribution in [0.3, 0.4) is 0 Å². The van der Waals surface area contributed by atoms with E-state index < -0.39 is 34.2 Å². The summed E-state index contributed by atoms with van der Waals surface area (Å²) in [7, 11) is 1.04. The number of aromatic nitrogens is 1. The lowest BCUT2D eigenvalue weighted by molar-refractivity contribution is -0.389. The first kappa shape index (κ1) is 13.7. The predicted octanol–water partition coefficient (Wildman–Crippen LogP) is 1.71. The molecule has 0 fully saturated rings. The molecule has 1 heterocycles. The maximum absolute atomic E-state index is 12.1. The lowest BCUT2D eigenvalue weighted by Gasteiger charge is -2.12. The summed E-state index contributed by atoms with van der Waals surface area (Å²) >= 11 is 0. The highest BCUT2D eigenvalue weighted by molar-refractivity contribution is 5.85. The van der Waals surface area contributed by atoms with E-state index in [1.54, 1.807) is 0 Å². The molecule has 18 heavy (non-hydrogen) atoms. The van der Waals surface area contributed by atoms with Gasteiger partial charge in [-0.15, -0.1) is 13.2 Å².